The summed E-state index contributed by atoms with van der Waals surface area (Å²) in [5.41, 5.74) is 0.205. The fourth-order valence-electron chi connectivity index (χ4n) is 4.51. The number of benzene rings is 2. The molecule has 2 amide bonds. The third-order valence-electron chi connectivity index (χ3n) is 6.37. The Morgan fingerprint density at radius 2 is 1.79 bits per heavy atom. The number of hydrogen-bond acceptors (Lipinski definition) is 7. The minimum atomic E-state index is -1.05. The summed E-state index contributed by atoms with van der Waals surface area (Å²) in [7, 11) is 0. The molecule has 2 aliphatic heterocycles. The summed E-state index contributed by atoms with van der Waals surface area (Å²) in [5.74, 6) is -0.189. The molecule has 212 valence electrons. The third kappa shape index (κ3) is 7.97. The first-order chi connectivity index (χ1) is 18.6. The van der Waals surface area contributed by atoms with Crippen LogP contribution in [0.2, 0.25) is 5.02 Å². The molecule has 1 atom stereocenters. The zero-order valence-corrected chi connectivity index (χ0v) is 23.4. The fourth-order valence-corrected chi connectivity index (χ4v) is 4.73. The van der Waals surface area contributed by atoms with Crippen molar-refractivity contribution in [3.63, 3.8) is 0 Å². The zero-order chi connectivity index (χ0) is 28.0. The van der Waals surface area contributed by atoms with Gasteiger partial charge in [0.2, 0.25) is 0 Å². The van der Waals surface area contributed by atoms with Crippen molar-refractivity contribution in [2.45, 2.75) is 38.8 Å². The smallest absolute Gasteiger partial charge is 0.408 e. The maximum Gasteiger partial charge on any atom is 0.408 e. The lowest BCUT2D eigenvalue weighted by Crippen LogP contribution is -2.49. The number of ether oxygens (including phenoxy) is 3. The molecule has 2 saturated heterocycles. The van der Waals surface area contributed by atoms with Crippen molar-refractivity contribution in [2.24, 2.45) is 0 Å². The van der Waals surface area contributed by atoms with Gasteiger partial charge in [-0.25, -0.2) is 9.18 Å². The Bertz CT molecular complexity index is 1140. The highest BCUT2D eigenvalue weighted by molar-refractivity contribution is 6.33. The molecule has 0 spiro atoms. The summed E-state index contributed by atoms with van der Waals surface area (Å²) < 4.78 is 30.7. The molecule has 0 saturated carbocycles. The normalized spacial score (nSPS) is 17.2. The van der Waals surface area contributed by atoms with Crippen LogP contribution in [0.25, 0.3) is 0 Å². The van der Waals surface area contributed by atoms with E-state index < -0.39 is 23.6 Å². The fraction of sp³-hybridized carbons (Fsp3) is 0.500. The van der Waals surface area contributed by atoms with Crippen molar-refractivity contribution in [3.8, 4) is 5.75 Å². The van der Waals surface area contributed by atoms with Crippen LogP contribution in [-0.4, -0.2) is 80.1 Å². The lowest BCUT2D eigenvalue weighted by Gasteiger charge is -2.33. The zero-order valence-electron chi connectivity index (χ0n) is 22.6. The standard InChI is InChI=1S/C28H36ClFN4O5/c1-28(2,3)39-27(36)31-25(20-5-8-22(9-6-20)38-18-15-32-13-16-37-17-14-32)26(35)34-12-4-11-33(34)24-19-21(30)7-10-23(24)29/h5-10,19,25H,4,11-18H2,1-3H3,(H,31,36)/t25-/m0/s1. The van der Waals surface area contributed by atoms with Gasteiger partial charge in [-0.15, -0.1) is 0 Å². The van der Waals surface area contributed by atoms with Crippen LogP contribution in [0, 0.1) is 5.82 Å². The summed E-state index contributed by atoms with van der Waals surface area (Å²) in [6, 6.07) is 10.0. The van der Waals surface area contributed by atoms with Crippen molar-refractivity contribution in [1.82, 2.24) is 15.2 Å². The van der Waals surface area contributed by atoms with E-state index in [0.717, 1.165) is 32.8 Å². The minimum Gasteiger partial charge on any atom is -0.492 e. The number of carbonyl (C=O) groups is 2. The number of morpholine rings is 1. The van der Waals surface area contributed by atoms with E-state index >= 15 is 0 Å². The van der Waals surface area contributed by atoms with Gasteiger partial charge >= 0.3 is 6.09 Å². The molecule has 1 N–H and O–H groups in total. The molecule has 11 heteroatoms. The Kier molecular flexibility index (Phi) is 9.53. The number of halogens is 2. The molecule has 0 aliphatic carbocycles. The Balaban J connectivity index is 1.51. The van der Waals surface area contributed by atoms with Gasteiger partial charge in [0.05, 0.1) is 23.9 Å². The Hall–Kier alpha value is -3.08. The molecule has 0 bridgehead atoms. The second-order valence-electron chi connectivity index (χ2n) is 10.5. The van der Waals surface area contributed by atoms with Gasteiger partial charge in [-0.1, -0.05) is 23.7 Å². The van der Waals surface area contributed by atoms with E-state index in [9.17, 15) is 14.0 Å². The van der Waals surface area contributed by atoms with Crippen LogP contribution in [0.4, 0.5) is 14.9 Å². The van der Waals surface area contributed by atoms with Crippen LogP contribution in [0.3, 0.4) is 0 Å². The number of amides is 2. The van der Waals surface area contributed by atoms with Gasteiger partial charge in [0, 0.05) is 38.8 Å². The van der Waals surface area contributed by atoms with Crippen LogP contribution in [0.15, 0.2) is 42.5 Å². The average Bonchev–Trinajstić information content (AvgIpc) is 3.38. The van der Waals surface area contributed by atoms with Gasteiger partial charge in [-0.05, 0) is 57.0 Å². The molecule has 39 heavy (non-hydrogen) atoms. The first-order valence-electron chi connectivity index (χ1n) is 13.2. The van der Waals surface area contributed by atoms with Gasteiger partial charge < -0.3 is 19.5 Å². The van der Waals surface area contributed by atoms with E-state index in [-0.39, 0.29) is 5.91 Å². The van der Waals surface area contributed by atoms with Gasteiger partial charge in [-0.3, -0.25) is 19.7 Å². The van der Waals surface area contributed by atoms with E-state index in [1.807, 2.05) is 0 Å². The van der Waals surface area contributed by atoms with Crippen LogP contribution >= 0.6 is 11.6 Å². The van der Waals surface area contributed by atoms with Crippen molar-refractivity contribution < 1.29 is 28.2 Å². The van der Waals surface area contributed by atoms with E-state index in [1.54, 1.807) is 50.0 Å². The maximum absolute atomic E-state index is 14.0. The van der Waals surface area contributed by atoms with E-state index in [4.69, 9.17) is 25.8 Å². The van der Waals surface area contributed by atoms with Crippen LogP contribution < -0.4 is 15.1 Å². The summed E-state index contributed by atoms with van der Waals surface area (Å²) in [5, 5.41) is 6.20. The Morgan fingerprint density at radius 3 is 2.49 bits per heavy atom. The molecule has 9 nitrogen and oxygen atoms in total. The maximum atomic E-state index is 14.0. The topological polar surface area (TPSA) is 83.6 Å². The van der Waals surface area contributed by atoms with Gasteiger partial charge in [0.1, 0.15) is 29.8 Å². The van der Waals surface area contributed by atoms with Gasteiger partial charge in [0.15, 0.2) is 0 Å². The second kappa shape index (κ2) is 12.8. The molecule has 2 aliphatic rings. The number of rotatable bonds is 8. The van der Waals surface area contributed by atoms with Crippen LogP contribution in [0.5, 0.6) is 5.75 Å². The van der Waals surface area contributed by atoms with E-state index in [1.165, 1.54) is 23.2 Å². The molecule has 2 aromatic carbocycles. The van der Waals surface area contributed by atoms with Crippen molar-refractivity contribution in [3.05, 3.63) is 58.9 Å². The Labute approximate surface area is 233 Å². The van der Waals surface area contributed by atoms with Gasteiger partial charge in [0.25, 0.3) is 5.91 Å². The predicted octanol–water partition coefficient (Wildman–Crippen LogP) is 4.41. The summed E-state index contributed by atoms with van der Waals surface area (Å²) in [4.78, 5) is 28.9. The molecule has 0 radical (unpaired) electrons. The summed E-state index contributed by atoms with van der Waals surface area (Å²) in [6.45, 7) is 10.7. The van der Waals surface area contributed by atoms with E-state index in [0.29, 0.717) is 48.1 Å². The number of nitrogens with one attached hydrogen (secondary N) is 1. The third-order valence-corrected chi connectivity index (χ3v) is 6.69. The van der Waals surface area contributed by atoms with Crippen LogP contribution in [0.1, 0.15) is 38.8 Å². The number of anilines is 1. The minimum absolute atomic E-state index is 0.325. The van der Waals surface area contributed by atoms with Crippen molar-refractivity contribution >= 4 is 29.3 Å². The number of hydrogen-bond donors (Lipinski definition) is 1. The molecule has 2 heterocycles. The SMILES string of the molecule is CC(C)(C)OC(=O)N[C@H](C(=O)N1CCCN1c1cc(F)ccc1Cl)c1ccc(OCCN2CCOCC2)cc1. The molecule has 2 aromatic rings. The van der Waals surface area contributed by atoms with Crippen LogP contribution in [-0.2, 0) is 14.3 Å². The molecule has 0 unspecified atom stereocenters. The quantitative estimate of drug-likeness (QED) is 0.510. The highest BCUT2D eigenvalue weighted by Gasteiger charge is 2.35. The number of carbonyl (C=O) groups excluding carboxylic acids is 2. The number of nitrogens with zero attached hydrogens (tertiary/aromatic N) is 3. The molecule has 4 rings (SSSR count). The first kappa shape index (κ1) is 28.9. The first-order valence-corrected chi connectivity index (χ1v) is 13.5. The molecule has 0 aromatic heterocycles. The monoisotopic (exact) mass is 562 g/mol. The largest absolute Gasteiger partial charge is 0.492 e. The number of hydrazine groups is 1. The van der Waals surface area contributed by atoms with Gasteiger partial charge in [-0.2, -0.15) is 0 Å². The second-order valence-corrected chi connectivity index (χ2v) is 10.9. The van der Waals surface area contributed by atoms with Crippen molar-refractivity contribution in [1.29, 1.82) is 0 Å². The number of alkyl carbamates (subject to hydrolysis) is 1. The lowest BCUT2D eigenvalue weighted by molar-refractivity contribution is -0.133. The van der Waals surface area contributed by atoms with Crippen molar-refractivity contribution in [2.75, 3.05) is 57.6 Å². The Morgan fingerprint density at radius 1 is 1.08 bits per heavy atom. The highest BCUT2D eigenvalue weighted by atomic mass is 35.5. The molecule has 2 fully saturated rings. The summed E-state index contributed by atoms with van der Waals surface area (Å²) >= 11 is 6.35. The lowest BCUT2D eigenvalue weighted by atomic mass is 10.1. The molecular weight excluding hydrogens is 527 g/mol. The average molecular weight is 563 g/mol. The predicted molar refractivity (Wildman–Crippen MR) is 146 cm³/mol. The highest BCUT2D eigenvalue weighted by Crippen LogP contribution is 2.32. The molecular formula is C28H36ClFN4O5. The van der Waals surface area contributed by atoms with E-state index in [2.05, 4.69) is 10.2 Å². The summed E-state index contributed by atoms with van der Waals surface area (Å²) in [6.07, 6.45) is -0.0607.